The van der Waals surface area contributed by atoms with Crippen LogP contribution in [0.1, 0.15) is 31.9 Å². The molecule has 0 heterocycles. The minimum absolute atomic E-state index is 0.119. The Morgan fingerprint density at radius 3 is 1.85 bits per heavy atom. The summed E-state index contributed by atoms with van der Waals surface area (Å²) in [5.41, 5.74) is 14.2. The Labute approximate surface area is 244 Å². The minimum atomic E-state index is -0.119. The second kappa shape index (κ2) is 10.6. The van der Waals surface area contributed by atoms with Crippen LogP contribution in [0, 0.1) is 0 Å². The molecule has 1 heteroatoms. The molecule has 0 amide bonds. The van der Waals surface area contributed by atoms with Crippen molar-refractivity contribution in [3.05, 3.63) is 163 Å². The zero-order chi connectivity index (χ0) is 28.6. The molecule has 0 N–H and O–H groups in total. The molecule has 0 fully saturated rings. The summed E-state index contributed by atoms with van der Waals surface area (Å²) < 4.78 is 0. The Hall–Kier alpha value is -4.88. The maximum absolute atomic E-state index is 4.41. The number of allylic oxidation sites excluding steroid dienone is 3. The number of hydrogen-bond donors (Lipinski definition) is 0. The molecule has 0 saturated heterocycles. The average molecular weight is 530 g/mol. The molecule has 200 valence electrons. The van der Waals surface area contributed by atoms with Crippen molar-refractivity contribution in [3.8, 4) is 33.4 Å². The molecule has 1 nitrogen and oxygen atoms in total. The largest absolute Gasteiger partial charge is 0.310 e. The Bertz CT molecular complexity index is 1770. The van der Waals surface area contributed by atoms with Crippen molar-refractivity contribution in [1.29, 1.82) is 0 Å². The number of nitrogens with zero attached hydrogens (tertiary/aromatic N) is 1. The van der Waals surface area contributed by atoms with E-state index in [-0.39, 0.29) is 5.41 Å². The maximum Gasteiger partial charge on any atom is 0.0539 e. The van der Waals surface area contributed by atoms with Crippen LogP contribution < -0.4 is 4.90 Å². The molecule has 1 aliphatic carbocycles. The second-order valence-corrected chi connectivity index (χ2v) is 11.3. The fourth-order valence-corrected chi connectivity index (χ4v) is 6.25. The van der Waals surface area contributed by atoms with Crippen LogP contribution >= 0.6 is 0 Å². The molecular formula is C40H35N. The molecule has 0 aliphatic heterocycles. The van der Waals surface area contributed by atoms with Gasteiger partial charge < -0.3 is 4.90 Å². The van der Waals surface area contributed by atoms with Gasteiger partial charge in [-0.3, -0.25) is 0 Å². The first-order valence-corrected chi connectivity index (χ1v) is 14.2. The van der Waals surface area contributed by atoms with Gasteiger partial charge in [-0.25, -0.2) is 0 Å². The second-order valence-electron chi connectivity index (χ2n) is 11.3. The molecule has 0 spiro atoms. The number of hydrogen-bond acceptors (Lipinski definition) is 1. The Kier molecular flexibility index (Phi) is 6.81. The lowest BCUT2D eigenvalue weighted by Gasteiger charge is -2.31. The smallest absolute Gasteiger partial charge is 0.0539 e. The van der Waals surface area contributed by atoms with Gasteiger partial charge in [0.05, 0.1) is 5.69 Å². The Morgan fingerprint density at radius 1 is 0.659 bits per heavy atom. The van der Waals surface area contributed by atoms with E-state index >= 15 is 0 Å². The molecule has 6 rings (SSSR count). The molecule has 0 saturated carbocycles. The van der Waals surface area contributed by atoms with Gasteiger partial charge in [0.25, 0.3) is 0 Å². The van der Waals surface area contributed by atoms with Crippen LogP contribution in [0.2, 0.25) is 0 Å². The van der Waals surface area contributed by atoms with Crippen LogP contribution in [0.3, 0.4) is 0 Å². The lowest BCUT2D eigenvalue weighted by atomic mass is 9.80. The van der Waals surface area contributed by atoms with E-state index < -0.39 is 0 Å². The van der Waals surface area contributed by atoms with Crippen molar-refractivity contribution in [3.63, 3.8) is 0 Å². The van der Waals surface area contributed by atoms with E-state index in [4.69, 9.17) is 0 Å². The first-order valence-electron chi connectivity index (χ1n) is 14.2. The van der Waals surface area contributed by atoms with Crippen molar-refractivity contribution < 1.29 is 0 Å². The predicted octanol–water partition coefficient (Wildman–Crippen LogP) is 11.2. The summed E-state index contributed by atoms with van der Waals surface area (Å²) in [6.45, 7) is 15.4. The van der Waals surface area contributed by atoms with Crippen molar-refractivity contribution >= 4 is 16.9 Å². The molecule has 0 aromatic heterocycles. The number of rotatable bonds is 7. The van der Waals surface area contributed by atoms with Crippen molar-refractivity contribution in [2.45, 2.75) is 26.2 Å². The first-order chi connectivity index (χ1) is 19.9. The monoisotopic (exact) mass is 529 g/mol. The number of anilines is 2. The van der Waals surface area contributed by atoms with Gasteiger partial charge in [0.15, 0.2) is 0 Å². The van der Waals surface area contributed by atoms with E-state index in [1.54, 1.807) is 0 Å². The summed E-state index contributed by atoms with van der Waals surface area (Å²) in [6, 6.07) is 43.3. The standard InChI is InChI=1S/C40H35N/c1-6-29(3)41(35-22-20-32(21-23-35)30-14-9-7-10-15-30)37-25-24-36(39-38(37)28(2)27-40(39,4)5)34-19-13-18-33(26-34)31-16-11-8-12-17-31/h6-27H,1,3H2,2,4-5H3. The van der Waals surface area contributed by atoms with E-state index in [1.807, 2.05) is 12.1 Å². The zero-order valence-corrected chi connectivity index (χ0v) is 24.1. The molecule has 0 bridgehead atoms. The highest BCUT2D eigenvalue weighted by molar-refractivity contribution is 5.93. The van der Waals surface area contributed by atoms with Crippen LogP contribution in [0.25, 0.3) is 39.0 Å². The maximum atomic E-state index is 4.41. The fraction of sp³-hybridized carbons (Fsp3) is 0.100. The van der Waals surface area contributed by atoms with E-state index in [0.717, 1.165) is 17.1 Å². The van der Waals surface area contributed by atoms with Gasteiger partial charge >= 0.3 is 0 Å². The van der Waals surface area contributed by atoms with Gasteiger partial charge in [0.1, 0.15) is 0 Å². The van der Waals surface area contributed by atoms with Crippen LogP contribution in [0.5, 0.6) is 0 Å². The fourth-order valence-electron chi connectivity index (χ4n) is 6.25. The summed E-state index contributed by atoms with van der Waals surface area (Å²) >= 11 is 0. The van der Waals surface area contributed by atoms with Gasteiger partial charge in [-0.05, 0) is 81.8 Å². The third-order valence-electron chi connectivity index (χ3n) is 8.08. The van der Waals surface area contributed by atoms with Crippen LogP contribution in [0.15, 0.2) is 152 Å². The first kappa shape index (κ1) is 26.3. The summed E-state index contributed by atoms with van der Waals surface area (Å²) in [5, 5.41) is 0. The Morgan fingerprint density at radius 2 is 1.22 bits per heavy atom. The molecule has 5 aromatic carbocycles. The minimum Gasteiger partial charge on any atom is -0.310 e. The highest BCUT2D eigenvalue weighted by Crippen LogP contribution is 2.51. The Balaban J connectivity index is 1.50. The quantitative estimate of drug-likeness (QED) is 0.190. The molecule has 41 heavy (non-hydrogen) atoms. The van der Waals surface area contributed by atoms with Gasteiger partial charge in [0.2, 0.25) is 0 Å². The summed E-state index contributed by atoms with van der Waals surface area (Å²) in [6.07, 6.45) is 4.24. The predicted molar refractivity (Wildman–Crippen MR) is 177 cm³/mol. The molecule has 0 unspecified atom stereocenters. The molecule has 0 radical (unpaired) electrons. The summed E-state index contributed by atoms with van der Waals surface area (Å²) in [4.78, 5) is 2.24. The molecular weight excluding hydrogens is 494 g/mol. The number of benzene rings is 5. The SMILES string of the molecule is C=CC(=C)N(c1ccc(-c2ccccc2)cc1)c1ccc(-c2cccc(-c3ccccc3)c2)c2c1C(C)=CC2(C)C. The van der Waals surface area contributed by atoms with Crippen molar-refractivity contribution in [1.82, 2.24) is 0 Å². The van der Waals surface area contributed by atoms with Crippen molar-refractivity contribution in [2.75, 3.05) is 4.90 Å². The van der Waals surface area contributed by atoms with Crippen molar-refractivity contribution in [2.24, 2.45) is 0 Å². The van der Waals surface area contributed by atoms with E-state index in [0.29, 0.717) is 0 Å². The third kappa shape index (κ3) is 4.85. The molecule has 5 aromatic rings. The van der Waals surface area contributed by atoms with Crippen LogP contribution in [-0.4, -0.2) is 0 Å². The topological polar surface area (TPSA) is 3.24 Å². The molecule has 1 aliphatic rings. The average Bonchev–Trinajstić information content (AvgIpc) is 3.26. The molecule has 0 atom stereocenters. The lowest BCUT2D eigenvalue weighted by molar-refractivity contribution is 0.685. The normalized spacial score (nSPS) is 13.3. The van der Waals surface area contributed by atoms with Gasteiger partial charge in [-0.1, -0.05) is 130 Å². The van der Waals surface area contributed by atoms with Gasteiger partial charge in [-0.15, -0.1) is 0 Å². The van der Waals surface area contributed by atoms with Gasteiger partial charge in [-0.2, -0.15) is 0 Å². The zero-order valence-electron chi connectivity index (χ0n) is 24.1. The summed E-state index contributed by atoms with van der Waals surface area (Å²) in [5.74, 6) is 0. The van der Waals surface area contributed by atoms with E-state index in [1.165, 1.54) is 50.1 Å². The summed E-state index contributed by atoms with van der Waals surface area (Å²) in [7, 11) is 0. The highest BCUT2D eigenvalue weighted by atomic mass is 15.1. The van der Waals surface area contributed by atoms with Crippen LogP contribution in [0.4, 0.5) is 11.4 Å². The van der Waals surface area contributed by atoms with E-state index in [9.17, 15) is 0 Å². The van der Waals surface area contributed by atoms with Crippen LogP contribution in [-0.2, 0) is 5.41 Å². The van der Waals surface area contributed by atoms with E-state index in [2.05, 4.69) is 160 Å². The van der Waals surface area contributed by atoms with Gasteiger partial charge in [0, 0.05) is 22.4 Å². The highest BCUT2D eigenvalue weighted by Gasteiger charge is 2.34. The number of fused-ring (bicyclic) bond motifs is 1. The third-order valence-corrected chi connectivity index (χ3v) is 8.08. The lowest BCUT2D eigenvalue weighted by Crippen LogP contribution is -2.18.